The van der Waals surface area contributed by atoms with Crippen molar-refractivity contribution in [3.8, 4) is 22.9 Å². The largest absolute Gasteiger partial charge is 0.497 e. The van der Waals surface area contributed by atoms with Crippen LogP contribution in [-0.4, -0.2) is 34.8 Å². The molecule has 1 atom stereocenters. The molecule has 0 amide bonds. The van der Waals surface area contributed by atoms with E-state index < -0.39 is 6.04 Å². The van der Waals surface area contributed by atoms with Crippen LogP contribution in [0.4, 0.5) is 5.95 Å². The summed E-state index contributed by atoms with van der Waals surface area (Å²) in [6, 6.07) is 13.3. The van der Waals surface area contributed by atoms with Crippen LogP contribution < -0.4 is 14.8 Å². The Morgan fingerprint density at radius 3 is 2.61 bits per heavy atom. The van der Waals surface area contributed by atoms with Crippen LogP contribution in [0, 0.1) is 12.3 Å². The number of rotatable bonds is 4. The summed E-state index contributed by atoms with van der Waals surface area (Å²) < 4.78 is 12.9. The molecule has 1 unspecified atom stereocenters. The van der Waals surface area contributed by atoms with Gasteiger partial charge in [0.2, 0.25) is 5.95 Å². The fraction of sp³-hybridized carbons (Fsp3) is 0.346. The van der Waals surface area contributed by atoms with Crippen LogP contribution in [-0.2, 0) is 4.79 Å². The summed E-state index contributed by atoms with van der Waals surface area (Å²) in [7, 11) is 3.25. The minimum Gasteiger partial charge on any atom is -0.497 e. The van der Waals surface area contributed by atoms with Crippen molar-refractivity contribution in [2.45, 2.75) is 39.7 Å². The highest BCUT2D eigenvalue weighted by Crippen LogP contribution is 2.47. The standard InChI is InChI=1S/C26H28N4O3/c1-15-8-6-7-9-17(15)24-28-25-27-19-13-26(2,3)14-20(31)22(19)23(30(25)29-24)18-11-10-16(32-4)12-21(18)33-5/h6-12,23H,13-14H2,1-5H3,(H,27,28,29). The van der Waals surface area contributed by atoms with E-state index in [1.807, 2.05) is 54.1 Å². The van der Waals surface area contributed by atoms with Gasteiger partial charge in [0.05, 0.1) is 14.2 Å². The van der Waals surface area contributed by atoms with E-state index in [9.17, 15) is 4.79 Å². The maximum absolute atomic E-state index is 13.5. The molecule has 1 aromatic heterocycles. The lowest BCUT2D eigenvalue weighted by molar-refractivity contribution is -0.118. The molecule has 2 aliphatic rings. The molecule has 0 saturated heterocycles. The SMILES string of the molecule is COc1ccc(C2C3=C(CC(C)(C)CC3=O)Nc3nc(-c4ccccc4C)nn32)c(OC)c1. The summed E-state index contributed by atoms with van der Waals surface area (Å²) in [5, 5.41) is 8.33. The summed E-state index contributed by atoms with van der Waals surface area (Å²) in [6.45, 7) is 6.29. The number of ketones is 1. The number of hydrogen-bond donors (Lipinski definition) is 1. The van der Waals surface area contributed by atoms with Crippen LogP contribution in [0.25, 0.3) is 11.4 Å². The second-order valence-electron chi connectivity index (χ2n) is 9.49. The zero-order valence-electron chi connectivity index (χ0n) is 19.6. The van der Waals surface area contributed by atoms with Gasteiger partial charge in [0.15, 0.2) is 11.6 Å². The summed E-state index contributed by atoms with van der Waals surface area (Å²) in [5.41, 5.74) is 4.42. The molecule has 0 fully saturated rings. The normalized spacial score (nSPS) is 18.9. The molecular weight excluding hydrogens is 416 g/mol. The number of allylic oxidation sites excluding steroid dienone is 2. The Morgan fingerprint density at radius 1 is 1.09 bits per heavy atom. The number of anilines is 1. The number of carbonyl (C=O) groups is 1. The Balaban J connectivity index is 1.73. The number of nitrogens with zero attached hydrogens (tertiary/aromatic N) is 3. The Kier molecular flexibility index (Phi) is 5.00. The van der Waals surface area contributed by atoms with Gasteiger partial charge in [-0.15, -0.1) is 5.10 Å². The number of Topliss-reactive ketones (excluding diaryl/α,β-unsaturated/α-hetero) is 1. The van der Waals surface area contributed by atoms with Gasteiger partial charge < -0.3 is 14.8 Å². The van der Waals surface area contributed by atoms with Gasteiger partial charge in [-0.25, -0.2) is 4.68 Å². The Bertz CT molecular complexity index is 1290. The Morgan fingerprint density at radius 2 is 1.88 bits per heavy atom. The smallest absolute Gasteiger partial charge is 0.226 e. The highest BCUT2D eigenvalue weighted by molar-refractivity contribution is 6.00. The van der Waals surface area contributed by atoms with Gasteiger partial charge in [-0.1, -0.05) is 38.1 Å². The summed E-state index contributed by atoms with van der Waals surface area (Å²) in [5.74, 6) is 2.70. The van der Waals surface area contributed by atoms with Crippen molar-refractivity contribution < 1.29 is 14.3 Å². The number of benzene rings is 2. The van der Waals surface area contributed by atoms with E-state index in [1.165, 1.54) is 0 Å². The monoisotopic (exact) mass is 444 g/mol. The predicted octanol–water partition coefficient (Wildman–Crippen LogP) is 4.93. The first-order valence-electron chi connectivity index (χ1n) is 11.1. The average Bonchev–Trinajstić information content (AvgIpc) is 3.20. The van der Waals surface area contributed by atoms with Gasteiger partial charge in [0.1, 0.15) is 17.5 Å². The molecule has 33 heavy (non-hydrogen) atoms. The van der Waals surface area contributed by atoms with E-state index in [1.54, 1.807) is 14.2 Å². The van der Waals surface area contributed by atoms with Crippen LogP contribution >= 0.6 is 0 Å². The highest BCUT2D eigenvalue weighted by Gasteiger charge is 2.42. The lowest BCUT2D eigenvalue weighted by Crippen LogP contribution is -2.36. The van der Waals surface area contributed by atoms with Crippen LogP contribution in [0.15, 0.2) is 53.7 Å². The molecule has 170 valence electrons. The van der Waals surface area contributed by atoms with E-state index >= 15 is 0 Å². The number of aromatic nitrogens is 3. The summed E-state index contributed by atoms with van der Waals surface area (Å²) >= 11 is 0. The minimum absolute atomic E-state index is 0.121. The molecule has 1 N–H and O–H groups in total. The molecule has 2 aromatic carbocycles. The van der Waals surface area contributed by atoms with Crippen LogP contribution in [0.3, 0.4) is 0 Å². The molecule has 0 radical (unpaired) electrons. The van der Waals surface area contributed by atoms with E-state index in [0.29, 0.717) is 29.7 Å². The van der Waals surface area contributed by atoms with Crippen molar-refractivity contribution in [3.05, 3.63) is 64.9 Å². The van der Waals surface area contributed by atoms with Crippen molar-refractivity contribution >= 4 is 11.7 Å². The van der Waals surface area contributed by atoms with Gasteiger partial charge in [-0.3, -0.25) is 4.79 Å². The lowest BCUT2D eigenvalue weighted by atomic mass is 9.73. The first-order chi connectivity index (χ1) is 15.8. The van der Waals surface area contributed by atoms with Gasteiger partial charge in [0, 0.05) is 34.9 Å². The molecule has 0 spiro atoms. The van der Waals surface area contributed by atoms with Crippen LogP contribution in [0.1, 0.15) is 43.9 Å². The van der Waals surface area contributed by atoms with Crippen molar-refractivity contribution in [1.82, 2.24) is 14.8 Å². The van der Waals surface area contributed by atoms with Gasteiger partial charge in [-0.05, 0) is 36.5 Å². The Labute approximate surface area is 193 Å². The van der Waals surface area contributed by atoms with Gasteiger partial charge >= 0.3 is 0 Å². The number of hydrogen-bond acceptors (Lipinski definition) is 6. The number of aryl methyl sites for hydroxylation is 1. The number of nitrogens with one attached hydrogen (secondary N) is 1. The zero-order chi connectivity index (χ0) is 23.3. The first-order valence-corrected chi connectivity index (χ1v) is 11.1. The molecule has 3 aromatic rings. The van der Waals surface area contributed by atoms with E-state index in [0.717, 1.165) is 34.4 Å². The van der Waals surface area contributed by atoms with Crippen molar-refractivity contribution in [1.29, 1.82) is 0 Å². The van der Waals surface area contributed by atoms with Gasteiger partial charge in [-0.2, -0.15) is 4.98 Å². The van der Waals surface area contributed by atoms with E-state index in [-0.39, 0.29) is 11.2 Å². The molecular formula is C26H28N4O3. The molecule has 1 aliphatic carbocycles. The molecule has 5 rings (SSSR count). The highest BCUT2D eigenvalue weighted by atomic mass is 16.5. The van der Waals surface area contributed by atoms with E-state index in [2.05, 4.69) is 19.2 Å². The quantitative estimate of drug-likeness (QED) is 0.615. The predicted molar refractivity (Wildman–Crippen MR) is 127 cm³/mol. The third-order valence-corrected chi connectivity index (χ3v) is 6.45. The number of ether oxygens (including phenoxy) is 2. The first kappa shape index (κ1) is 21.2. The third-order valence-electron chi connectivity index (χ3n) is 6.45. The number of methoxy groups -OCH3 is 2. The molecule has 7 nitrogen and oxygen atoms in total. The average molecular weight is 445 g/mol. The third kappa shape index (κ3) is 3.57. The second-order valence-corrected chi connectivity index (χ2v) is 9.49. The molecule has 1 aliphatic heterocycles. The summed E-state index contributed by atoms with van der Waals surface area (Å²) in [6.07, 6.45) is 1.24. The molecule has 7 heteroatoms. The Hall–Kier alpha value is -3.61. The zero-order valence-corrected chi connectivity index (χ0v) is 19.6. The molecule has 0 saturated carbocycles. The van der Waals surface area contributed by atoms with Crippen molar-refractivity contribution in [3.63, 3.8) is 0 Å². The van der Waals surface area contributed by atoms with Crippen LogP contribution in [0.2, 0.25) is 0 Å². The molecule has 2 heterocycles. The fourth-order valence-corrected chi connectivity index (χ4v) is 4.88. The second kappa shape index (κ2) is 7.76. The topological polar surface area (TPSA) is 78.3 Å². The maximum atomic E-state index is 13.5. The number of fused-ring (bicyclic) bond motifs is 1. The maximum Gasteiger partial charge on any atom is 0.226 e. The van der Waals surface area contributed by atoms with Gasteiger partial charge in [0.25, 0.3) is 0 Å². The lowest BCUT2D eigenvalue weighted by Gasteiger charge is -2.38. The van der Waals surface area contributed by atoms with E-state index in [4.69, 9.17) is 19.6 Å². The fourth-order valence-electron chi connectivity index (χ4n) is 4.88. The summed E-state index contributed by atoms with van der Waals surface area (Å²) in [4.78, 5) is 18.3. The number of carbonyl (C=O) groups excluding carboxylic acids is 1. The van der Waals surface area contributed by atoms with Crippen LogP contribution in [0.5, 0.6) is 11.5 Å². The molecule has 0 bridgehead atoms. The van der Waals surface area contributed by atoms with Crippen molar-refractivity contribution in [2.24, 2.45) is 5.41 Å². The minimum atomic E-state index is -0.439. The van der Waals surface area contributed by atoms with Crippen molar-refractivity contribution in [2.75, 3.05) is 19.5 Å².